The number of carbonyl (C=O) groups excluding carboxylic acids is 2. The summed E-state index contributed by atoms with van der Waals surface area (Å²) in [6, 6.07) is 3.29. The average Bonchev–Trinajstić information content (AvgIpc) is 3.18. The van der Waals surface area contributed by atoms with Crippen LogP contribution in [0.15, 0.2) is 24.0 Å². The number of likely N-dealkylation sites (N-methyl/N-ethyl adjacent to an activating group) is 1. The van der Waals surface area contributed by atoms with Crippen LogP contribution >= 0.6 is 0 Å². The summed E-state index contributed by atoms with van der Waals surface area (Å²) in [5.41, 5.74) is -0.243. The number of carbonyl (C=O) groups is 3. The van der Waals surface area contributed by atoms with Crippen molar-refractivity contribution in [2.24, 2.45) is 0 Å². The number of piperidine rings is 1. The Morgan fingerprint density at radius 3 is 2.71 bits per heavy atom. The number of phenols is 1. The summed E-state index contributed by atoms with van der Waals surface area (Å²) in [7, 11) is 1.98. The van der Waals surface area contributed by atoms with E-state index in [2.05, 4.69) is 4.90 Å². The van der Waals surface area contributed by atoms with Crippen molar-refractivity contribution in [3.05, 3.63) is 35.1 Å². The highest BCUT2D eigenvalue weighted by Crippen LogP contribution is 2.65. The summed E-state index contributed by atoms with van der Waals surface area (Å²) >= 11 is 0. The molecule has 2 aliphatic carbocycles. The molecule has 2 aliphatic heterocycles. The van der Waals surface area contributed by atoms with Crippen molar-refractivity contribution >= 4 is 17.9 Å². The number of nitrogens with zero attached hydrogens (tertiary/aromatic N) is 1. The van der Waals surface area contributed by atoms with Crippen LogP contribution in [0.2, 0.25) is 0 Å². The van der Waals surface area contributed by atoms with E-state index in [1.807, 2.05) is 13.1 Å². The Bertz CT molecular complexity index is 1130. The van der Waals surface area contributed by atoms with E-state index in [4.69, 9.17) is 19.3 Å². The highest BCUT2D eigenvalue weighted by Gasteiger charge is 2.72. The number of esters is 2. The van der Waals surface area contributed by atoms with E-state index in [1.54, 1.807) is 19.1 Å². The normalized spacial score (nSPS) is 31.0. The van der Waals surface area contributed by atoms with Crippen molar-refractivity contribution in [3.8, 4) is 11.5 Å². The van der Waals surface area contributed by atoms with Gasteiger partial charge in [0.15, 0.2) is 23.7 Å². The van der Waals surface area contributed by atoms with Gasteiger partial charge in [0.1, 0.15) is 5.76 Å². The molecule has 1 saturated heterocycles. The third-order valence-corrected chi connectivity index (χ3v) is 8.04. The Morgan fingerprint density at radius 2 is 2.00 bits per heavy atom. The molecule has 0 amide bonds. The molecule has 3 N–H and O–H groups in total. The van der Waals surface area contributed by atoms with Crippen LogP contribution in [0.1, 0.15) is 50.2 Å². The minimum atomic E-state index is -1.26. The average molecular weight is 488 g/mol. The number of ether oxygens (including phenoxy) is 3. The molecule has 10 heteroatoms. The molecule has 0 saturated carbocycles. The molecular formula is C25H29NO9. The van der Waals surface area contributed by atoms with Crippen LogP contribution in [0, 0.1) is 0 Å². The second kappa shape index (κ2) is 8.23. The van der Waals surface area contributed by atoms with Gasteiger partial charge in [0.25, 0.3) is 0 Å². The molecule has 2 unspecified atom stereocenters. The van der Waals surface area contributed by atoms with Crippen LogP contribution < -0.4 is 4.74 Å². The Hall–Kier alpha value is -3.11. The Balaban J connectivity index is 1.38. The van der Waals surface area contributed by atoms with Crippen LogP contribution in [0.4, 0.5) is 0 Å². The molecule has 4 aliphatic rings. The first-order valence-corrected chi connectivity index (χ1v) is 11.9. The van der Waals surface area contributed by atoms with Gasteiger partial charge in [-0.3, -0.25) is 9.59 Å². The third-order valence-electron chi connectivity index (χ3n) is 8.04. The lowest BCUT2D eigenvalue weighted by molar-refractivity contribution is -0.170. The number of aromatic hydroxyl groups is 1. The fraction of sp³-hybridized carbons (Fsp3) is 0.560. The first kappa shape index (κ1) is 23.6. The molecule has 2 heterocycles. The van der Waals surface area contributed by atoms with Crippen LogP contribution in [0.3, 0.4) is 0 Å². The second-order valence-electron chi connectivity index (χ2n) is 9.80. The van der Waals surface area contributed by atoms with Gasteiger partial charge in [-0.15, -0.1) is 0 Å². The lowest BCUT2D eigenvalue weighted by Crippen LogP contribution is -2.74. The number of hydrogen-bond donors (Lipinski definition) is 3. The maximum absolute atomic E-state index is 12.6. The minimum absolute atomic E-state index is 0.0235. The number of benzene rings is 1. The fourth-order valence-corrected chi connectivity index (χ4v) is 6.35. The maximum Gasteiger partial charge on any atom is 0.345 e. The number of carboxylic acids is 1. The molecule has 188 valence electrons. The fourth-order valence-electron chi connectivity index (χ4n) is 6.35. The van der Waals surface area contributed by atoms with E-state index in [1.165, 1.54) is 0 Å². The van der Waals surface area contributed by atoms with Gasteiger partial charge in [0.05, 0.1) is 23.9 Å². The summed E-state index contributed by atoms with van der Waals surface area (Å²) in [6.45, 7) is 2.29. The van der Waals surface area contributed by atoms with Crippen molar-refractivity contribution in [2.75, 3.05) is 13.6 Å². The number of likely N-dealkylation sites (tertiary alicyclic amines) is 1. The minimum Gasteiger partial charge on any atom is -0.504 e. The Kier molecular flexibility index (Phi) is 5.56. The van der Waals surface area contributed by atoms with E-state index in [0.717, 1.165) is 11.1 Å². The molecule has 0 radical (unpaired) electrons. The summed E-state index contributed by atoms with van der Waals surface area (Å²) in [5, 5.41) is 31.6. The number of rotatable bonds is 7. The smallest absolute Gasteiger partial charge is 0.345 e. The van der Waals surface area contributed by atoms with Crippen LogP contribution in [-0.4, -0.2) is 75.6 Å². The van der Waals surface area contributed by atoms with Gasteiger partial charge >= 0.3 is 17.9 Å². The number of carboxylic acid groups (broad SMARTS) is 1. The molecule has 2 bridgehead atoms. The highest BCUT2D eigenvalue weighted by molar-refractivity contribution is 5.81. The second-order valence-corrected chi connectivity index (χ2v) is 9.80. The predicted molar refractivity (Wildman–Crippen MR) is 120 cm³/mol. The van der Waals surface area contributed by atoms with Crippen LogP contribution in [0.5, 0.6) is 11.5 Å². The highest BCUT2D eigenvalue weighted by atomic mass is 16.6. The molecule has 10 nitrogen and oxygen atoms in total. The standard InChI is InChI=1S/C25H29NO9/c1-3-15(23(30)31)33-18(28)6-7-19(29)34-16-8-9-25(32)17-12-13-4-5-14(27)21-20(13)24(25,22(16)35-21)10-11-26(17)2/h4-5,8,15,17,22,27,32H,3,6-7,9-12H2,1-2H3,(H,30,31)/t15-,17-,22?,24?,25-/m1/s1. The van der Waals surface area contributed by atoms with Crippen molar-refractivity contribution in [1.29, 1.82) is 0 Å². The lowest BCUT2D eigenvalue weighted by Gasteiger charge is -2.61. The summed E-state index contributed by atoms with van der Waals surface area (Å²) < 4.78 is 16.7. The summed E-state index contributed by atoms with van der Waals surface area (Å²) in [4.78, 5) is 37.8. The first-order valence-electron chi connectivity index (χ1n) is 11.9. The molecule has 5 atom stereocenters. The van der Waals surface area contributed by atoms with Crippen LogP contribution in [-0.2, 0) is 35.7 Å². The van der Waals surface area contributed by atoms with E-state index in [0.29, 0.717) is 25.1 Å². The van der Waals surface area contributed by atoms with Crippen molar-refractivity contribution in [3.63, 3.8) is 0 Å². The van der Waals surface area contributed by atoms with Gasteiger partial charge in [-0.2, -0.15) is 0 Å². The molecule has 1 fully saturated rings. The van der Waals surface area contributed by atoms with Gasteiger partial charge in [0.2, 0.25) is 0 Å². The van der Waals surface area contributed by atoms with E-state index >= 15 is 0 Å². The van der Waals surface area contributed by atoms with Gasteiger partial charge < -0.3 is 34.4 Å². The van der Waals surface area contributed by atoms with Gasteiger partial charge in [-0.1, -0.05) is 13.0 Å². The lowest BCUT2D eigenvalue weighted by atomic mass is 9.50. The number of aliphatic hydroxyl groups is 1. The SMILES string of the molecule is CC[C@@H](OC(=O)CCC(=O)OC1=CC[C@@]2(O)[C@H]3Cc4ccc(O)c5c4C2(CCN3C)C1O5)C(=O)O. The van der Waals surface area contributed by atoms with E-state index in [9.17, 15) is 24.6 Å². The molecule has 1 aromatic rings. The largest absolute Gasteiger partial charge is 0.504 e. The summed E-state index contributed by atoms with van der Waals surface area (Å²) in [6.07, 6.45) is 0.523. The third kappa shape index (κ3) is 3.34. The maximum atomic E-state index is 12.6. The molecule has 5 rings (SSSR count). The zero-order valence-electron chi connectivity index (χ0n) is 19.7. The van der Waals surface area contributed by atoms with E-state index < -0.39 is 41.1 Å². The molecule has 1 spiro atoms. The Labute approximate surface area is 202 Å². The monoisotopic (exact) mass is 487 g/mol. The molecule has 1 aromatic carbocycles. The summed E-state index contributed by atoms with van der Waals surface area (Å²) in [5.74, 6) is -2.19. The molecular weight excluding hydrogens is 458 g/mol. The quantitative estimate of drug-likeness (QED) is 0.483. The Morgan fingerprint density at radius 1 is 1.26 bits per heavy atom. The molecule has 35 heavy (non-hydrogen) atoms. The van der Waals surface area contributed by atoms with E-state index in [-0.39, 0.29) is 43.2 Å². The van der Waals surface area contributed by atoms with Crippen molar-refractivity contribution in [2.45, 2.75) is 74.7 Å². The van der Waals surface area contributed by atoms with Gasteiger partial charge in [0, 0.05) is 18.0 Å². The first-order chi connectivity index (χ1) is 16.6. The van der Waals surface area contributed by atoms with Crippen molar-refractivity contribution < 1.29 is 43.9 Å². The van der Waals surface area contributed by atoms with Gasteiger partial charge in [-0.05, 0) is 50.6 Å². The molecule has 0 aromatic heterocycles. The number of aliphatic carboxylic acids is 1. The number of phenolic OH excluding ortho intramolecular Hbond substituents is 1. The zero-order valence-corrected chi connectivity index (χ0v) is 19.7. The van der Waals surface area contributed by atoms with Gasteiger partial charge in [-0.25, -0.2) is 4.79 Å². The van der Waals surface area contributed by atoms with Crippen molar-refractivity contribution in [1.82, 2.24) is 4.90 Å². The topological polar surface area (TPSA) is 143 Å². The zero-order chi connectivity index (χ0) is 25.1. The predicted octanol–water partition coefficient (Wildman–Crippen LogP) is 1.40. The number of hydrogen-bond acceptors (Lipinski definition) is 9. The van der Waals surface area contributed by atoms with Crippen LogP contribution in [0.25, 0.3) is 0 Å².